The fourth-order valence-electron chi connectivity index (χ4n) is 2.95. The molecule has 172 valence electrons. The summed E-state index contributed by atoms with van der Waals surface area (Å²) in [4.78, 5) is 0. The van der Waals surface area contributed by atoms with E-state index in [0.717, 1.165) is 0 Å². The Hall–Kier alpha value is -2.76. The number of phenolic OH excluding ortho intramolecular Hbond substituents is 1. The summed E-state index contributed by atoms with van der Waals surface area (Å²) in [6, 6.07) is 6.97. The van der Waals surface area contributed by atoms with Gasteiger partial charge < -0.3 is 49.6 Å². The zero-order valence-electron chi connectivity index (χ0n) is 17.4. The lowest BCUT2D eigenvalue weighted by Gasteiger charge is -2.26. The lowest BCUT2D eigenvalue weighted by molar-refractivity contribution is -0.0158. The minimum atomic E-state index is -1.42. The van der Waals surface area contributed by atoms with Crippen LogP contribution in [-0.2, 0) is 0 Å². The summed E-state index contributed by atoms with van der Waals surface area (Å²) >= 11 is 0. The van der Waals surface area contributed by atoms with Crippen molar-refractivity contribution in [2.45, 2.75) is 24.4 Å². The number of hydrogen-bond donors (Lipinski definition) is 6. The van der Waals surface area contributed by atoms with E-state index in [1.807, 2.05) is 0 Å². The van der Waals surface area contributed by atoms with Gasteiger partial charge in [-0.2, -0.15) is 0 Å². The Balaban J connectivity index is 2.40. The van der Waals surface area contributed by atoms with E-state index in [9.17, 15) is 25.5 Å². The van der Waals surface area contributed by atoms with Gasteiger partial charge in [-0.1, -0.05) is 6.07 Å². The summed E-state index contributed by atoms with van der Waals surface area (Å²) in [6.07, 6.45) is -5.30. The second-order valence-corrected chi connectivity index (χ2v) is 6.66. The maximum absolute atomic E-state index is 10.7. The van der Waals surface area contributed by atoms with Gasteiger partial charge >= 0.3 is 0 Å². The molecule has 0 saturated heterocycles. The van der Waals surface area contributed by atoms with Crippen LogP contribution < -0.4 is 18.9 Å². The zero-order valence-corrected chi connectivity index (χ0v) is 17.4. The molecule has 0 fully saturated rings. The van der Waals surface area contributed by atoms with Gasteiger partial charge in [0.2, 0.25) is 5.75 Å². The van der Waals surface area contributed by atoms with Crippen LogP contribution in [0.2, 0.25) is 0 Å². The smallest absolute Gasteiger partial charge is 0.204 e. The number of aromatic hydroxyl groups is 1. The molecule has 0 heterocycles. The van der Waals surface area contributed by atoms with Crippen LogP contribution in [-0.4, -0.2) is 77.4 Å². The van der Waals surface area contributed by atoms with Gasteiger partial charge in [0.05, 0.1) is 34.5 Å². The van der Waals surface area contributed by atoms with Crippen LogP contribution in [0.4, 0.5) is 0 Å². The average Bonchev–Trinajstić information content (AvgIpc) is 2.80. The van der Waals surface area contributed by atoms with Crippen molar-refractivity contribution in [3.63, 3.8) is 0 Å². The first-order valence-electron chi connectivity index (χ1n) is 9.36. The molecule has 0 radical (unpaired) electrons. The summed E-state index contributed by atoms with van der Waals surface area (Å²) < 4.78 is 21.4. The fraction of sp³-hybridized carbons (Fsp3) is 0.429. The number of rotatable bonds is 11. The monoisotopic (exact) mass is 440 g/mol. The Morgan fingerprint density at radius 3 is 1.77 bits per heavy atom. The van der Waals surface area contributed by atoms with Crippen molar-refractivity contribution in [2.75, 3.05) is 34.5 Å². The number of aliphatic hydroxyl groups is 5. The summed E-state index contributed by atoms with van der Waals surface area (Å²) in [7, 11) is 4.05. The Morgan fingerprint density at radius 2 is 1.29 bits per heavy atom. The molecule has 0 bridgehead atoms. The van der Waals surface area contributed by atoms with E-state index in [0.29, 0.717) is 5.56 Å². The van der Waals surface area contributed by atoms with Gasteiger partial charge in [0.25, 0.3) is 0 Å². The Morgan fingerprint density at radius 1 is 0.742 bits per heavy atom. The largest absolute Gasteiger partial charge is 0.504 e. The summed E-state index contributed by atoms with van der Waals surface area (Å²) in [5, 5.41) is 59.3. The molecule has 10 heteroatoms. The molecule has 0 amide bonds. The molecule has 0 spiro atoms. The highest BCUT2D eigenvalue weighted by molar-refractivity contribution is 5.54. The SMILES string of the molecule is COc1cc([C@@H](O)[C@H](CO)Oc2c(OC)cc([C@H](O)[C@H](O)CO)cc2OC)ccc1O. The average molecular weight is 440 g/mol. The molecule has 0 aliphatic carbocycles. The van der Waals surface area contributed by atoms with Crippen LogP contribution in [0.25, 0.3) is 0 Å². The Kier molecular flexibility index (Phi) is 8.72. The van der Waals surface area contributed by atoms with Gasteiger partial charge in [0.15, 0.2) is 29.1 Å². The molecule has 4 atom stereocenters. The normalized spacial score (nSPS) is 15.0. The standard InChI is InChI=1S/C21H28O10/c1-28-15-6-11(4-5-13(15)24)20(27)18(10-23)31-21-16(29-2)7-12(8-17(21)30-3)19(26)14(25)9-22/h4-8,14,18-20,22-27H,9-10H2,1-3H3/t14-,18+,19+,20-/m1/s1. The summed E-state index contributed by atoms with van der Waals surface area (Å²) in [6.45, 7) is -1.23. The van der Waals surface area contributed by atoms with Crippen LogP contribution in [0.3, 0.4) is 0 Å². The van der Waals surface area contributed by atoms with Crippen LogP contribution in [0.1, 0.15) is 23.3 Å². The van der Waals surface area contributed by atoms with Crippen LogP contribution in [0.5, 0.6) is 28.7 Å². The van der Waals surface area contributed by atoms with Gasteiger partial charge in [0.1, 0.15) is 18.3 Å². The first kappa shape index (κ1) is 24.5. The van der Waals surface area contributed by atoms with Gasteiger partial charge in [-0.3, -0.25) is 0 Å². The lowest BCUT2D eigenvalue weighted by atomic mass is 10.0. The number of aliphatic hydroxyl groups excluding tert-OH is 5. The van der Waals surface area contributed by atoms with Crippen molar-refractivity contribution in [3.8, 4) is 28.7 Å². The van der Waals surface area contributed by atoms with Crippen molar-refractivity contribution in [1.82, 2.24) is 0 Å². The van der Waals surface area contributed by atoms with Gasteiger partial charge in [-0.25, -0.2) is 0 Å². The van der Waals surface area contributed by atoms with E-state index in [1.54, 1.807) is 0 Å². The number of ether oxygens (including phenoxy) is 4. The zero-order chi connectivity index (χ0) is 23.1. The maximum atomic E-state index is 10.7. The van der Waals surface area contributed by atoms with E-state index in [1.165, 1.54) is 51.7 Å². The predicted octanol–water partition coefficient (Wildman–Crippen LogP) is 0.278. The molecule has 31 heavy (non-hydrogen) atoms. The molecule has 2 rings (SSSR count). The number of benzene rings is 2. The molecular formula is C21H28O10. The Labute approximate surface area is 179 Å². The van der Waals surface area contributed by atoms with E-state index in [-0.39, 0.29) is 34.3 Å². The molecule has 2 aromatic rings. The molecule has 10 nitrogen and oxygen atoms in total. The highest BCUT2D eigenvalue weighted by Crippen LogP contribution is 2.42. The second-order valence-electron chi connectivity index (χ2n) is 6.66. The fourth-order valence-corrected chi connectivity index (χ4v) is 2.95. The third-order valence-electron chi connectivity index (χ3n) is 4.72. The van der Waals surface area contributed by atoms with Crippen LogP contribution in [0, 0.1) is 0 Å². The van der Waals surface area contributed by atoms with Gasteiger partial charge in [-0.05, 0) is 35.4 Å². The molecule has 6 N–H and O–H groups in total. The summed E-state index contributed by atoms with van der Waals surface area (Å²) in [5.74, 6) is 0.287. The second kappa shape index (κ2) is 11.0. The third-order valence-corrected chi connectivity index (χ3v) is 4.72. The maximum Gasteiger partial charge on any atom is 0.204 e. The molecule has 0 aliphatic rings. The van der Waals surface area contributed by atoms with Crippen LogP contribution >= 0.6 is 0 Å². The van der Waals surface area contributed by atoms with Crippen molar-refractivity contribution < 1.29 is 49.6 Å². The molecule has 0 saturated carbocycles. The van der Waals surface area contributed by atoms with E-state index in [4.69, 9.17) is 24.1 Å². The van der Waals surface area contributed by atoms with E-state index >= 15 is 0 Å². The molecule has 0 aromatic heterocycles. The van der Waals surface area contributed by atoms with Crippen LogP contribution in [0.15, 0.2) is 30.3 Å². The number of phenols is 1. The topological polar surface area (TPSA) is 158 Å². The van der Waals surface area contributed by atoms with Gasteiger partial charge in [-0.15, -0.1) is 0 Å². The molecular weight excluding hydrogens is 412 g/mol. The third kappa shape index (κ3) is 5.49. The van der Waals surface area contributed by atoms with Gasteiger partial charge in [0, 0.05) is 0 Å². The molecule has 0 aliphatic heterocycles. The Bertz CT molecular complexity index is 831. The first-order valence-corrected chi connectivity index (χ1v) is 9.36. The molecule has 0 unspecified atom stereocenters. The minimum absolute atomic E-state index is 0.0447. The van der Waals surface area contributed by atoms with Crippen molar-refractivity contribution in [2.24, 2.45) is 0 Å². The summed E-state index contributed by atoms with van der Waals surface area (Å²) in [5.41, 5.74) is 0.525. The quantitative estimate of drug-likeness (QED) is 0.287. The molecule has 2 aromatic carbocycles. The van der Waals surface area contributed by atoms with E-state index in [2.05, 4.69) is 0 Å². The van der Waals surface area contributed by atoms with Crippen molar-refractivity contribution >= 4 is 0 Å². The number of hydrogen-bond acceptors (Lipinski definition) is 10. The van der Waals surface area contributed by atoms with Crippen molar-refractivity contribution in [3.05, 3.63) is 41.5 Å². The van der Waals surface area contributed by atoms with Crippen molar-refractivity contribution in [1.29, 1.82) is 0 Å². The predicted molar refractivity (Wildman–Crippen MR) is 109 cm³/mol. The lowest BCUT2D eigenvalue weighted by Crippen LogP contribution is -2.29. The minimum Gasteiger partial charge on any atom is -0.504 e. The number of methoxy groups -OCH3 is 3. The van der Waals surface area contributed by atoms with E-state index < -0.39 is 37.6 Å². The highest BCUT2D eigenvalue weighted by Gasteiger charge is 2.28. The highest BCUT2D eigenvalue weighted by atomic mass is 16.6. The first-order chi connectivity index (χ1) is 14.8.